The van der Waals surface area contributed by atoms with Gasteiger partial charge in [0.2, 0.25) is 0 Å². The van der Waals surface area contributed by atoms with Crippen molar-refractivity contribution < 1.29 is 23.9 Å². The number of benzene rings is 3. The maximum atomic E-state index is 12.8. The molecule has 0 saturated carbocycles. The quantitative estimate of drug-likeness (QED) is 0.114. The highest BCUT2D eigenvalue weighted by Crippen LogP contribution is 2.37. The first kappa shape index (κ1) is 27.4. The third kappa shape index (κ3) is 6.43. The second-order valence-electron chi connectivity index (χ2n) is 7.65. The van der Waals surface area contributed by atoms with E-state index in [1.54, 1.807) is 18.2 Å². The molecule has 1 aromatic heterocycles. The predicted octanol–water partition coefficient (Wildman–Crippen LogP) is 5.97. The number of nitrogens with one attached hydrogen (secondary N) is 2. The van der Waals surface area contributed by atoms with Gasteiger partial charge in [-0.15, -0.1) is 11.3 Å². The molecule has 0 saturated heterocycles. The van der Waals surface area contributed by atoms with Gasteiger partial charge in [-0.2, -0.15) is 5.10 Å². The van der Waals surface area contributed by atoms with Gasteiger partial charge >= 0.3 is 5.97 Å². The first-order chi connectivity index (χ1) is 18.3. The molecule has 4 aromatic rings. The lowest BCUT2D eigenvalue weighted by Gasteiger charge is -2.09. The summed E-state index contributed by atoms with van der Waals surface area (Å²) in [6, 6.07) is 16.5. The van der Waals surface area contributed by atoms with E-state index in [0.717, 1.165) is 10.1 Å². The van der Waals surface area contributed by atoms with Crippen molar-refractivity contribution in [1.29, 1.82) is 0 Å². The Balaban J connectivity index is 1.34. The third-order valence-corrected chi connectivity index (χ3v) is 7.50. The molecular weight excluding hydrogens is 573 g/mol. The summed E-state index contributed by atoms with van der Waals surface area (Å²) in [5, 5.41) is 8.00. The van der Waals surface area contributed by atoms with E-state index < -0.39 is 17.8 Å². The Hall–Kier alpha value is -3.63. The number of thiophene rings is 1. The molecule has 0 bridgehead atoms. The van der Waals surface area contributed by atoms with Crippen molar-refractivity contribution in [3.05, 3.63) is 91.7 Å². The number of hydrazone groups is 1. The van der Waals surface area contributed by atoms with Gasteiger partial charge in [0.25, 0.3) is 11.8 Å². The molecule has 38 heavy (non-hydrogen) atoms. The van der Waals surface area contributed by atoms with Crippen LogP contribution in [0.1, 0.15) is 25.6 Å². The van der Waals surface area contributed by atoms with E-state index >= 15 is 0 Å². The predicted molar refractivity (Wildman–Crippen MR) is 149 cm³/mol. The molecule has 194 valence electrons. The zero-order valence-corrected chi connectivity index (χ0v) is 22.7. The average molecular weight is 591 g/mol. The number of halogens is 3. The molecule has 2 N–H and O–H groups in total. The summed E-state index contributed by atoms with van der Waals surface area (Å²) < 4.78 is 11.7. The van der Waals surface area contributed by atoms with Crippen molar-refractivity contribution in [2.45, 2.75) is 0 Å². The smallest absolute Gasteiger partial charge is 0.355 e. The van der Waals surface area contributed by atoms with Gasteiger partial charge in [0.15, 0.2) is 11.5 Å². The normalized spacial score (nSPS) is 10.9. The highest BCUT2D eigenvalue weighted by molar-refractivity contribution is 7.21. The van der Waals surface area contributed by atoms with E-state index in [4.69, 9.17) is 44.3 Å². The minimum Gasteiger partial charge on any atom is -0.493 e. The van der Waals surface area contributed by atoms with Crippen molar-refractivity contribution in [2.24, 2.45) is 5.10 Å². The molecule has 0 aliphatic heterocycles. The number of esters is 1. The summed E-state index contributed by atoms with van der Waals surface area (Å²) in [6.07, 6.45) is 1.37. The Bertz CT molecular complexity index is 1570. The molecule has 1 heterocycles. The van der Waals surface area contributed by atoms with Crippen LogP contribution in [0.3, 0.4) is 0 Å². The number of carbonyl (C=O) groups excluding carboxylic acids is 3. The van der Waals surface area contributed by atoms with Gasteiger partial charge in [0.1, 0.15) is 4.88 Å². The number of hydrogen-bond donors (Lipinski definition) is 2. The number of carbonyl (C=O) groups is 3. The van der Waals surface area contributed by atoms with Crippen LogP contribution in [0.5, 0.6) is 11.5 Å². The van der Waals surface area contributed by atoms with Crippen LogP contribution in [-0.4, -0.2) is 37.7 Å². The van der Waals surface area contributed by atoms with Gasteiger partial charge in [-0.1, -0.05) is 53.0 Å². The summed E-state index contributed by atoms with van der Waals surface area (Å²) in [7, 11) is 1.43. The minimum absolute atomic E-state index is 0.192. The second-order valence-corrected chi connectivity index (χ2v) is 9.89. The highest BCUT2D eigenvalue weighted by atomic mass is 35.5. The van der Waals surface area contributed by atoms with Gasteiger partial charge in [-0.3, -0.25) is 9.59 Å². The molecule has 0 aliphatic carbocycles. The number of ether oxygens (including phenoxy) is 2. The largest absolute Gasteiger partial charge is 0.493 e. The van der Waals surface area contributed by atoms with E-state index in [9.17, 15) is 14.4 Å². The Kier molecular flexibility index (Phi) is 8.85. The average Bonchev–Trinajstić information content (AvgIpc) is 3.26. The van der Waals surface area contributed by atoms with Crippen LogP contribution >= 0.6 is 46.1 Å². The molecule has 0 atom stereocenters. The number of hydrogen-bond acceptors (Lipinski definition) is 7. The Morgan fingerprint density at radius 3 is 2.50 bits per heavy atom. The van der Waals surface area contributed by atoms with Gasteiger partial charge in [-0.05, 0) is 48.0 Å². The van der Waals surface area contributed by atoms with E-state index in [2.05, 4.69) is 15.8 Å². The molecule has 2 amide bonds. The van der Waals surface area contributed by atoms with Gasteiger partial charge in [0, 0.05) is 15.6 Å². The molecule has 3 aromatic carbocycles. The van der Waals surface area contributed by atoms with E-state index in [0.29, 0.717) is 15.6 Å². The lowest BCUT2D eigenvalue weighted by molar-refractivity contribution is -0.120. The lowest BCUT2D eigenvalue weighted by atomic mass is 10.2. The third-order valence-electron chi connectivity index (χ3n) is 5.10. The van der Waals surface area contributed by atoms with Crippen LogP contribution in [0.15, 0.2) is 65.8 Å². The first-order valence-corrected chi connectivity index (χ1v) is 12.8. The van der Waals surface area contributed by atoms with E-state index in [-0.39, 0.29) is 33.5 Å². The van der Waals surface area contributed by atoms with Crippen LogP contribution in [0.4, 0.5) is 0 Å². The van der Waals surface area contributed by atoms with Crippen LogP contribution in [-0.2, 0) is 4.79 Å². The molecular formula is C26H18Cl3N3O5S. The van der Waals surface area contributed by atoms with Gasteiger partial charge in [-0.25, -0.2) is 10.2 Å². The van der Waals surface area contributed by atoms with Gasteiger partial charge in [0.05, 0.1) is 34.9 Å². The van der Waals surface area contributed by atoms with Gasteiger partial charge < -0.3 is 14.8 Å². The second kappa shape index (κ2) is 12.3. The fourth-order valence-corrected chi connectivity index (χ4v) is 4.94. The SMILES string of the molecule is COc1cc(/C=N/NC(=O)CNC(=O)c2ccc(Cl)c(Cl)c2)ccc1OC(=O)c1sc2ccccc2c1Cl. The number of fused-ring (bicyclic) bond motifs is 1. The summed E-state index contributed by atoms with van der Waals surface area (Å²) >= 11 is 19.4. The van der Waals surface area contributed by atoms with Crippen LogP contribution in [0.2, 0.25) is 15.1 Å². The Morgan fingerprint density at radius 1 is 0.974 bits per heavy atom. The molecule has 0 unspecified atom stereocenters. The van der Waals surface area contributed by atoms with E-state index in [1.165, 1.54) is 42.9 Å². The minimum atomic E-state index is -0.605. The summed E-state index contributed by atoms with van der Waals surface area (Å²) in [5.74, 6) is -1.18. The van der Waals surface area contributed by atoms with Crippen LogP contribution in [0, 0.1) is 0 Å². The van der Waals surface area contributed by atoms with Crippen molar-refractivity contribution in [2.75, 3.05) is 13.7 Å². The van der Waals surface area contributed by atoms with Crippen molar-refractivity contribution >= 4 is 80.2 Å². The van der Waals surface area contributed by atoms with Crippen molar-refractivity contribution in [3.63, 3.8) is 0 Å². The molecule has 0 radical (unpaired) electrons. The highest BCUT2D eigenvalue weighted by Gasteiger charge is 2.20. The lowest BCUT2D eigenvalue weighted by Crippen LogP contribution is -2.34. The van der Waals surface area contributed by atoms with Crippen molar-refractivity contribution in [1.82, 2.24) is 10.7 Å². The number of rotatable bonds is 8. The first-order valence-electron chi connectivity index (χ1n) is 10.9. The van der Waals surface area contributed by atoms with E-state index in [1.807, 2.05) is 24.3 Å². The van der Waals surface area contributed by atoms with Crippen LogP contribution in [0.25, 0.3) is 10.1 Å². The molecule has 0 spiro atoms. The molecule has 8 nitrogen and oxygen atoms in total. The molecule has 0 aliphatic rings. The zero-order valence-electron chi connectivity index (χ0n) is 19.6. The summed E-state index contributed by atoms with van der Waals surface area (Å²) in [6.45, 7) is -0.311. The number of amides is 2. The van der Waals surface area contributed by atoms with Crippen LogP contribution < -0.4 is 20.2 Å². The van der Waals surface area contributed by atoms with Crippen molar-refractivity contribution in [3.8, 4) is 11.5 Å². The maximum absolute atomic E-state index is 12.8. The fraction of sp³-hybridized carbons (Fsp3) is 0.0769. The standard InChI is InChI=1S/C26H18Cl3N3O5S/c1-36-20-10-14(12-31-32-22(33)13-30-25(34)15-7-8-17(27)18(28)11-15)6-9-19(20)37-26(35)24-23(29)16-4-2-3-5-21(16)38-24/h2-12H,13H2,1H3,(H,30,34)(H,32,33)/b31-12+. The number of methoxy groups -OCH3 is 1. The monoisotopic (exact) mass is 589 g/mol. The summed E-state index contributed by atoms with van der Waals surface area (Å²) in [5.41, 5.74) is 3.13. The fourth-order valence-electron chi connectivity index (χ4n) is 3.26. The zero-order chi connectivity index (χ0) is 27.2. The molecule has 0 fully saturated rings. The molecule has 12 heteroatoms. The topological polar surface area (TPSA) is 106 Å². The number of nitrogens with zero attached hydrogens (tertiary/aromatic N) is 1. The summed E-state index contributed by atoms with van der Waals surface area (Å²) in [4.78, 5) is 37.2. The Labute approximate surface area is 236 Å². The molecule has 4 rings (SSSR count). The maximum Gasteiger partial charge on any atom is 0.355 e. The Morgan fingerprint density at radius 2 is 1.76 bits per heavy atom.